The van der Waals surface area contributed by atoms with Crippen LogP contribution >= 0.6 is 0 Å². The molecule has 0 aromatic carbocycles. The van der Waals surface area contributed by atoms with E-state index in [1.807, 2.05) is 6.92 Å². The minimum absolute atomic E-state index is 0.847. The van der Waals surface area contributed by atoms with Crippen molar-refractivity contribution in [1.82, 2.24) is 10.3 Å². The van der Waals surface area contributed by atoms with Crippen molar-refractivity contribution in [2.24, 2.45) is 5.84 Å². The first-order valence-corrected chi connectivity index (χ1v) is 3.27. The van der Waals surface area contributed by atoms with E-state index in [0.29, 0.717) is 0 Å². The van der Waals surface area contributed by atoms with Gasteiger partial charge in [0, 0.05) is 6.54 Å². The van der Waals surface area contributed by atoms with Crippen LogP contribution in [0.15, 0.2) is 0 Å². The first-order valence-electron chi connectivity index (χ1n) is 3.27. The maximum atomic E-state index is 4.78. The summed E-state index contributed by atoms with van der Waals surface area (Å²) in [5.74, 6) is 4.78. The van der Waals surface area contributed by atoms with Crippen LogP contribution in [0.5, 0.6) is 0 Å². The van der Waals surface area contributed by atoms with Crippen LogP contribution < -0.4 is 11.3 Å². The monoisotopic (exact) mass is 133 g/mol. The maximum absolute atomic E-state index is 4.78. The minimum Gasteiger partial charge on any atom is -0.310 e. The third-order valence-electron chi connectivity index (χ3n) is 0.837. The molecule has 0 aliphatic carbocycles. The lowest BCUT2D eigenvalue weighted by atomic mass is 10.7. The summed E-state index contributed by atoms with van der Waals surface area (Å²) < 4.78 is 0. The molecule has 3 N–H and O–H groups in total. The summed E-state index contributed by atoms with van der Waals surface area (Å²) in [5.41, 5.74) is 2.43. The van der Waals surface area contributed by atoms with Crippen molar-refractivity contribution >= 4 is 0 Å². The molecular weight excluding hydrogens is 114 g/mol. The van der Waals surface area contributed by atoms with Gasteiger partial charge in [-0.3, -0.25) is 11.3 Å². The Kier molecular flexibility index (Phi) is 14.0. The number of nitrogens with one attached hydrogen (secondary N) is 1. The Morgan fingerprint density at radius 1 is 1.33 bits per heavy atom. The van der Waals surface area contributed by atoms with Crippen LogP contribution in [0.25, 0.3) is 0 Å². The van der Waals surface area contributed by atoms with E-state index < -0.39 is 0 Å². The summed E-state index contributed by atoms with van der Waals surface area (Å²) >= 11 is 0. The van der Waals surface area contributed by atoms with E-state index in [2.05, 4.69) is 31.3 Å². The van der Waals surface area contributed by atoms with Crippen molar-refractivity contribution in [3.05, 3.63) is 0 Å². The Hall–Kier alpha value is -0.120. The van der Waals surface area contributed by atoms with E-state index in [4.69, 9.17) is 5.84 Å². The smallest absolute Gasteiger partial charge is 0.00689 e. The summed E-state index contributed by atoms with van der Waals surface area (Å²) in [6.07, 6.45) is 0. The highest BCUT2D eigenvalue weighted by Crippen LogP contribution is 1.63. The molecule has 0 aromatic heterocycles. The predicted molar refractivity (Wildman–Crippen MR) is 42.1 cm³/mol. The van der Waals surface area contributed by atoms with Crippen molar-refractivity contribution in [3.8, 4) is 0 Å². The quantitative estimate of drug-likeness (QED) is 0.413. The van der Waals surface area contributed by atoms with Gasteiger partial charge in [-0.15, -0.1) is 0 Å². The Morgan fingerprint density at radius 2 is 1.56 bits per heavy atom. The number of hydrogen-bond donors (Lipinski definition) is 2. The number of hydrogen-bond acceptors (Lipinski definition) is 3. The molecule has 0 atom stereocenters. The summed E-state index contributed by atoms with van der Waals surface area (Å²) in [4.78, 5) is 2.12. The molecule has 0 bridgehead atoms. The normalized spacial score (nSPS) is 8.67. The molecule has 3 nitrogen and oxygen atoms in total. The van der Waals surface area contributed by atoms with Gasteiger partial charge < -0.3 is 4.90 Å². The topological polar surface area (TPSA) is 41.3 Å². The molecule has 0 saturated heterocycles. The lowest BCUT2D eigenvalue weighted by Crippen LogP contribution is -2.20. The number of rotatable bonds is 2. The van der Waals surface area contributed by atoms with Crippen molar-refractivity contribution in [3.63, 3.8) is 0 Å². The van der Waals surface area contributed by atoms with Gasteiger partial charge in [0.1, 0.15) is 0 Å². The largest absolute Gasteiger partial charge is 0.310 e. The Labute approximate surface area is 58.2 Å². The molecule has 0 amide bonds. The van der Waals surface area contributed by atoms with Gasteiger partial charge >= 0.3 is 0 Å². The fraction of sp³-hybridized carbons (Fsp3) is 1.00. The highest BCUT2D eigenvalue weighted by molar-refractivity contribution is 4.25. The van der Waals surface area contributed by atoms with Crippen LogP contribution in [0.1, 0.15) is 13.8 Å². The maximum Gasteiger partial charge on any atom is 0.00689 e. The zero-order valence-electron chi connectivity index (χ0n) is 6.94. The first-order chi connectivity index (χ1) is 4.18. The molecule has 0 fully saturated rings. The Balaban J connectivity index is 0. The SMILES string of the molecule is CCN(C)C.CCNN. The van der Waals surface area contributed by atoms with Crippen molar-refractivity contribution in [2.75, 3.05) is 27.2 Å². The van der Waals surface area contributed by atoms with E-state index in [1.165, 1.54) is 0 Å². The molecule has 0 aromatic rings. The predicted octanol–water partition coefficient (Wildman–Crippen LogP) is 0.0375. The molecule has 0 saturated carbocycles. The van der Waals surface area contributed by atoms with E-state index in [-0.39, 0.29) is 0 Å². The van der Waals surface area contributed by atoms with Gasteiger partial charge in [-0.2, -0.15) is 0 Å². The van der Waals surface area contributed by atoms with Gasteiger partial charge in [0.15, 0.2) is 0 Å². The highest BCUT2D eigenvalue weighted by Gasteiger charge is 1.72. The van der Waals surface area contributed by atoms with Gasteiger partial charge in [-0.25, -0.2) is 0 Å². The minimum atomic E-state index is 0.847. The van der Waals surface area contributed by atoms with Gasteiger partial charge in [0.2, 0.25) is 0 Å². The van der Waals surface area contributed by atoms with Crippen LogP contribution in [0.4, 0.5) is 0 Å². The average Bonchev–Trinajstić information content (AvgIpc) is 1.89. The summed E-state index contributed by atoms with van der Waals surface area (Å²) in [6, 6.07) is 0. The molecular formula is C6H19N3. The fourth-order valence-corrected chi connectivity index (χ4v) is 0. The molecule has 0 heterocycles. The van der Waals surface area contributed by atoms with Crippen molar-refractivity contribution in [1.29, 1.82) is 0 Å². The van der Waals surface area contributed by atoms with Crippen LogP contribution in [0, 0.1) is 0 Å². The molecule has 0 radical (unpaired) electrons. The Bertz CT molecular complexity index is 35.3. The second-order valence-corrected chi connectivity index (χ2v) is 1.95. The summed E-state index contributed by atoms with van der Waals surface area (Å²) in [5, 5.41) is 0. The molecule has 0 aliphatic heterocycles. The Morgan fingerprint density at radius 3 is 1.56 bits per heavy atom. The van der Waals surface area contributed by atoms with Gasteiger partial charge in [-0.1, -0.05) is 13.8 Å². The lowest BCUT2D eigenvalue weighted by Gasteiger charge is -2.00. The van der Waals surface area contributed by atoms with Gasteiger partial charge in [0.25, 0.3) is 0 Å². The zero-order chi connectivity index (χ0) is 7.70. The standard InChI is InChI=1S/C4H11N.C2H8N2/c1-4-5(2)3;1-2-4-3/h4H2,1-3H3;4H,2-3H2,1H3. The van der Waals surface area contributed by atoms with E-state index in [9.17, 15) is 0 Å². The molecule has 0 unspecified atom stereocenters. The van der Waals surface area contributed by atoms with Gasteiger partial charge in [0.05, 0.1) is 0 Å². The fourth-order valence-electron chi connectivity index (χ4n) is 0. The van der Waals surface area contributed by atoms with Crippen molar-refractivity contribution < 1.29 is 0 Å². The van der Waals surface area contributed by atoms with E-state index in [1.54, 1.807) is 0 Å². The van der Waals surface area contributed by atoms with Crippen LogP contribution in [0.2, 0.25) is 0 Å². The van der Waals surface area contributed by atoms with Crippen LogP contribution in [-0.2, 0) is 0 Å². The van der Waals surface area contributed by atoms with Crippen molar-refractivity contribution in [2.45, 2.75) is 13.8 Å². The van der Waals surface area contributed by atoms with Gasteiger partial charge in [-0.05, 0) is 20.6 Å². The van der Waals surface area contributed by atoms with Crippen LogP contribution in [-0.4, -0.2) is 32.1 Å². The van der Waals surface area contributed by atoms with Crippen LogP contribution in [0.3, 0.4) is 0 Å². The average molecular weight is 133 g/mol. The molecule has 9 heavy (non-hydrogen) atoms. The molecule has 0 rings (SSSR count). The molecule has 3 heteroatoms. The molecule has 0 aliphatic rings. The first kappa shape index (κ1) is 11.6. The summed E-state index contributed by atoms with van der Waals surface area (Å²) in [6.45, 7) is 6.06. The third-order valence-corrected chi connectivity index (χ3v) is 0.837. The number of nitrogens with two attached hydrogens (primary N) is 1. The zero-order valence-corrected chi connectivity index (χ0v) is 6.94. The third kappa shape index (κ3) is 32.8. The number of hydrazine groups is 1. The van der Waals surface area contributed by atoms with E-state index in [0.717, 1.165) is 13.1 Å². The second-order valence-electron chi connectivity index (χ2n) is 1.95. The molecule has 58 valence electrons. The second kappa shape index (κ2) is 10.8. The van der Waals surface area contributed by atoms with E-state index >= 15 is 0 Å². The molecule has 0 spiro atoms. The summed E-state index contributed by atoms with van der Waals surface area (Å²) in [7, 11) is 4.11. The number of nitrogens with zero attached hydrogens (tertiary/aromatic N) is 1. The lowest BCUT2D eigenvalue weighted by molar-refractivity contribution is 0.434. The highest BCUT2D eigenvalue weighted by atomic mass is 15.2.